The van der Waals surface area contributed by atoms with Gasteiger partial charge < -0.3 is 0 Å². The summed E-state index contributed by atoms with van der Waals surface area (Å²) in [6.07, 6.45) is 0. The van der Waals surface area contributed by atoms with Crippen molar-refractivity contribution in [1.82, 2.24) is 0 Å². The van der Waals surface area contributed by atoms with E-state index in [9.17, 15) is 4.39 Å². The van der Waals surface area contributed by atoms with Crippen LogP contribution in [0.3, 0.4) is 0 Å². The van der Waals surface area contributed by atoms with E-state index in [0.717, 1.165) is 5.56 Å². The standard InChI is InChI=1S/C15H14BrF/c1-10-8-13(9-11(2)15(10)17)14(16)12-6-4-3-5-7-12/h3-9,14H,1-2H3. The molecule has 0 nitrogen and oxygen atoms in total. The van der Waals surface area contributed by atoms with Crippen LogP contribution in [0, 0.1) is 19.7 Å². The first-order chi connectivity index (χ1) is 8.09. The highest BCUT2D eigenvalue weighted by Crippen LogP contribution is 2.32. The van der Waals surface area contributed by atoms with Crippen LogP contribution in [0.15, 0.2) is 42.5 Å². The van der Waals surface area contributed by atoms with Gasteiger partial charge in [0.25, 0.3) is 0 Å². The quantitative estimate of drug-likeness (QED) is 0.689. The molecule has 1 atom stereocenters. The summed E-state index contributed by atoms with van der Waals surface area (Å²) in [7, 11) is 0. The van der Waals surface area contributed by atoms with Gasteiger partial charge in [-0.1, -0.05) is 58.4 Å². The van der Waals surface area contributed by atoms with Gasteiger partial charge in [0.15, 0.2) is 0 Å². The van der Waals surface area contributed by atoms with Crippen LogP contribution in [0.25, 0.3) is 0 Å². The van der Waals surface area contributed by atoms with Gasteiger partial charge in [-0.3, -0.25) is 0 Å². The van der Waals surface area contributed by atoms with Crippen molar-refractivity contribution in [3.8, 4) is 0 Å². The third kappa shape index (κ3) is 2.58. The van der Waals surface area contributed by atoms with E-state index in [2.05, 4.69) is 28.1 Å². The summed E-state index contributed by atoms with van der Waals surface area (Å²) >= 11 is 3.66. The Morgan fingerprint density at radius 1 is 0.941 bits per heavy atom. The molecule has 2 aromatic rings. The van der Waals surface area contributed by atoms with Crippen LogP contribution in [-0.2, 0) is 0 Å². The third-order valence-electron chi connectivity index (χ3n) is 2.84. The highest BCUT2D eigenvalue weighted by Gasteiger charge is 2.12. The predicted molar refractivity (Wildman–Crippen MR) is 73.1 cm³/mol. The van der Waals surface area contributed by atoms with E-state index in [1.54, 1.807) is 13.8 Å². The molecule has 1 unspecified atom stereocenters. The number of hydrogen-bond donors (Lipinski definition) is 0. The minimum atomic E-state index is -0.110. The van der Waals surface area contributed by atoms with Crippen LogP contribution in [0.2, 0.25) is 0 Å². The summed E-state index contributed by atoms with van der Waals surface area (Å²) in [5.41, 5.74) is 3.66. The fourth-order valence-electron chi connectivity index (χ4n) is 1.94. The van der Waals surface area contributed by atoms with Crippen molar-refractivity contribution in [2.45, 2.75) is 18.7 Å². The number of halogens is 2. The number of benzene rings is 2. The summed E-state index contributed by atoms with van der Waals surface area (Å²) in [5, 5.41) is 0. The predicted octanol–water partition coefficient (Wildman–Crippen LogP) is 4.93. The molecule has 0 aromatic heterocycles. The molecule has 0 aliphatic rings. The van der Waals surface area contributed by atoms with Crippen LogP contribution in [0.5, 0.6) is 0 Å². The molecule has 2 rings (SSSR count). The lowest BCUT2D eigenvalue weighted by Gasteiger charge is -2.13. The Balaban J connectivity index is 2.41. The highest BCUT2D eigenvalue weighted by molar-refractivity contribution is 9.09. The molecule has 0 N–H and O–H groups in total. The van der Waals surface area contributed by atoms with E-state index in [1.165, 1.54) is 5.56 Å². The molecular weight excluding hydrogens is 279 g/mol. The van der Waals surface area contributed by atoms with Crippen LogP contribution in [0.1, 0.15) is 27.1 Å². The molecule has 0 heterocycles. The van der Waals surface area contributed by atoms with E-state index in [0.29, 0.717) is 11.1 Å². The molecule has 0 aliphatic heterocycles. The Morgan fingerprint density at radius 2 is 1.47 bits per heavy atom. The Bertz CT molecular complexity index is 497. The normalized spacial score (nSPS) is 12.5. The van der Waals surface area contributed by atoms with Crippen molar-refractivity contribution in [3.63, 3.8) is 0 Å². The molecular formula is C15H14BrF. The monoisotopic (exact) mass is 292 g/mol. The van der Waals surface area contributed by atoms with Gasteiger partial charge in [0.1, 0.15) is 5.82 Å². The molecule has 0 aliphatic carbocycles. The molecule has 0 amide bonds. The second-order valence-electron chi connectivity index (χ2n) is 4.24. The van der Waals surface area contributed by atoms with Gasteiger partial charge in [0.05, 0.1) is 4.83 Å². The van der Waals surface area contributed by atoms with Gasteiger partial charge in [-0.15, -0.1) is 0 Å². The van der Waals surface area contributed by atoms with E-state index in [-0.39, 0.29) is 10.6 Å². The molecule has 0 spiro atoms. The topological polar surface area (TPSA) is 0 Å². The fraction of sp³-hybridized carbons (Fsp3) is 0.200. The summed E-state index contributed by atoms with van der Waals surface area (Å²) < 4.78 is 13.6. The Kier molecular flexibility index (Phi) is 3.63. The number of rotatable bonds is 2. The average Bonchev–Trinajstić information content (AvgIpc) is 2.35. The largest absolute Gasteiger partial charge is 0.206 e. The Labute approximate surface area is 110 Å². The number of aryl methyl sites for hydroxylation is 2. The molecule has 0 fully saturated rings. The van der Waals surface area contributed by atoms with Gasteiger partial charge in [0, 0.05) is 0 Å². The third-order valence-corrected chi connectivity index (χ3v) is 3.90. The first kappa shape index (κ1) is 12.3. The van der Waals surface area contributed by atoms with Crippen molar-refractivity contribution < 1.29 is 4.39 Å². The lowest BCUT2D eigenvalue weighted by molar-refractivity contribution is 0.608. The van der Waals surface area contributed by atoms with Gasteiger partial charge in [-0.05, 0) is 36.1 Å². The second kappa shape index (κ2) is 5.01. The minimum Gasteiger partial charge on any atom is -0.206 e. The zero-order chi connectivity index (χ0) is 12.4. The van der Waals surface area contributed by atoms with Crippen LogP contribution in [0.4, 0.5) is 4.39 Å². The van der Waals surface area contributed by atoms with E-state index >= 15 is 0 Å². The lowest BCUT2D eigenvalue weighted by atomic mass is 10.00. The zero-order valence-electron chi connectivity index (χ0n) is 9.87. The first-order valence-corrected chi connectivity index (χ1v) is 6.47. The average molecular weight is 293 g/mol. The summed E-state index contributed by atoms with van der Waals surface area (Å²) in [4.78, 5) is 0.113. The van der Waals surface area contributed by atoms with Gasteiger partial charge in [-0.2, -0.15) is 0 Å². The maximum Gasteiger partial charge on any atom is 0.129 e. The molecule has 0 bridgehead atoms. The van der Waals surface area contributed by atoms with Gasteiger partial charge in [0.2, 0.25) is 0 Å². The number of hydrogen-bond acceptors (Lipinski definition) is 0. The highest BCUT2D eigenvalue weighted by atomic mass is 79.9. The van der Waals surface area contributed by atoms with E-state index < -0.39 is 0 Å². The summed E-state index contributed by atoms with van der Waals surface area (Å²) in [6.45, 7) is 3.60. The van der Waals surface area contributed by atoms with Crippen molar-refractivity contribution in [1.29, 1.82) is 0 Å². The fourth-order valence-corrected chi connectivity index (χ4v) is 2.51. The molecule has 2 aromatic carbocycles. The lowest BCUT2D eigenvalue weighted by Crippen LogP contribution is -1.97. The molecule has 17 heavy (non-hydrogen) atoms. The SMILES string of the molecule is Cc1cc(C(Br)c2ccccc2)cc(C)c1F. The summed E-state index contributed by atoms with van der Waals surface area (Å²) in [6, 6.07) is 13.9. The molecule has 88 valence electrons. The van der Waals surface area contributed by atoms with Gasteiger partial charge >= 0.3 is 0 Å². The second-order valence-corrected chi connectivity index (χ2v) is 5.16. The van der Waals surface area contributed by atoms with Crippen molar-refractivity contribution in [2.75, 3.05) is 0 Å². The molecule has 0 saturated carbocycles. The molecule has 0 radical (unpaired) electrons. The van der Waals surface area contributed by atoms with Gasteiger partial charge in [-0.25, -0.2) is 4.39 Å². The van der Waals surface area contributed by atoms with Crippen LogP contribution >= 0.6 is 15.9 Å². The van der Waals surface area contributed by atoms with Crippen molar-refractivity contribution in [2.24, 2.45) is 0 Å². The van der Waals surface area contributed by atoms with Crippen LogP contribution < -0.4 is 0 Å². The van der Waals surface area contributed by atoms with E-state index in [1.807, 2.05) is 30.3 Å². The maximum atomic E-state index is 13.6. The molecule has 0 saturated heterocycles. The van der Waals surface area contributed by atoms with Crippen LogP contribution in [-0.4, -0.2) is 0 Å². The maximum absolute atomic E-state index is 13.6. The first-order valence-electron chi connectivity index (χ1n) is 5.55. The Hall–Kier alpha value is -1.15. The zero-order valence-corrected chi connectivity index (χ0v) is 11.5. The minimum absolute atomic E-state index is 0.110. The molecule has 2 heteroatoms. The van der Waals surface area contributed by atoms with Crippen molar-refractivity contribution >= 4 is 15.9 Å². The van der Waals surface area contributed by atoms with Crippen molar-refractivity contribution in [3.05, 3.63) is 70.5 Å². The summed E-state index contributed by atoms with van der Waals surface area (Å²) in [5.74, 6) is -0.110. The van der Waals surface area contributed by atoms with E-state index in [4.69, 9.17) is 0 Å². The smallest absolute Gasteiger partial charge is 0.129 e. The number of alkyl halides is 1. The Morgan fingerprint density at radius 3 is 2.00 bits per heavy atom.